The Bertz CT molecular complexity index is 588. The zero-order chi connectivity index (χ0) is 14.3. The molecule has 2 aromatic rings. The fraction of sp³-hybridized carbons (Fsp3) is 0.562. The molecule has 2 nitrogen and oxygen atoms in total. The van der Waals surface area contributed by atoms with Crippen LogP contribution in [0.2, 0.25) is 0 Å². The molecule has 0 aromatic carbocycles. The summed E-state index contributed by atoms with van der Waals surface area (Å²) < 4.78 is 0. The van der Waals surface area contributed by atoms with Gasteiger partial charge in [-0.15, -0.1) is 22.7 Å². The highest BCUT2D eigenvalue weighted by molar-refractivity contribution is 7.11. The van der Waals surface area contributed by atoms with Gasteiger partial charge in [0.1, 0.15) is 5.01 Å². The van der Waals surface area contributed by atoms with E-state index in [1.807, 2.05) is 11.3 Å². The van der Waals surface area contributed by atoms with Gasteiger partial charge in [0, 0.05) is 21.7 Å². The summed E-state index contributed by atoms with van der Waals surface area (Å²) in [5.74, 6) is 0. The highest BCUT2D eigenvalue weighted by atomic mass is 32.1. The van der Waals surface area contributed by atoms with Crippen molar-refractivity contribution < 1.29 is 0 Å². The van der Waals surface area contributed by atoms with Gasteiger partial charge in [0.25, 0.3) is 0 Å². The first-order valence-corrected chi connectivity index (χ1v) is 8.97. The molecule has 1 N–H and O–H groups in total. The quantitative estimate of drug-likeness (QED) is 0.889. The van der Waals surface area contributed by atoms with Crippen LogP contribution in [-0.2, 0) is 5.41 Å². The monoisotopic (exact) mass is 306 g/mol. The molecule has 0 spiro atoms. The van der Waals surface area contributed by atoms with Crippen molar-refractivity contribution in [3.63, 3.8) is 0 Å². The molecule has 0 bridgehead atoms. The lowest BCUT2D eigenvalue weighted by atomic mass is 9.93. The number of hydrogen-bond acceptors (Lipinski definition) is 4. The van der Waals surface area contributed by atoms with E-state index in [9.17, 15) is 0 Å². The summed E-state index contributed by atoms with van der Waals surface area (Å²) in [5.41, 5.74) is 2.71. The Labute approximate surface area is 129 Å². The third-order valence-electron chi connectivity index (χ3n) is 3.68. The zero-order valence-corrected chi connectivity index (χ0v) is 14.2. The van der Waals surface area contributed by atoms with Gasteiger partial charge in [0.05, 0.1) is 11.7 Å². The van der Waals surface area contributed by atoms with Crippen LogP contribution >= 0.6 is 22.7 Å². The molecule has 1 saturated carbocycles. The molecular weight excluding hydrogens is 284 g/mol. The predicted octanol–water partition coefficient (Wildman–Crippen LogP) is 4.65. The minimum atomic E-state index is 0.128. The molecule has 20 heavy (non-hydrogen) atoms. The number of hydrogen-bond donors (Lipinski definition) is 1. The fourth-order valence-electron chi connectivity index (χ4n) is 2.19. The van der Waals surface area contributed by atoms with Crippen LogP contribution in [-0.4, -0.2) is 11.0 Å². The molecule has 0 radical (unpaired) electrons. The van der Waals surface area contributed by atoms with Crippen LogP contribution < -0.4 is 5.32 Å². The summed E-state index contributed by atoms with van der Waals surface area (Å²) in [6.45, 7) is 8.88. The summed E-state index contributed by atoms with van der Waals surface area (Å²) in [4.78, 5) is 6.35. The van der Waals surface area contributed by atoms with Gasteiger partial charge in [-0.25, -0.2) is 4.98 Å². The van der Waals surface area contributed by atoms with Crippen molar-refractivity contribution in [2.75, 3.05) is 0 Å². The Morgan fingerprint density at radius 1 is 1.30 bits per heavy atom. The molecule has 3 rings (SSSR count). The normalized spacial score (nSPS) is 17.4. The molecule has 0 saturated heterocycles. The third kappa shape index (κ3) is 2.97. The van der Waals surface area contributed by atoms with Crippen molar-refractivity contribution in [2.24, 2.45) is 0 Å². The number of nitrogens with one attached hydrogen (secondary N) is 1. The lowest BCUT2D eigenvalue weighted by Gasteiger charge is -2.17. The molecule has 1 unspecified atom stereocenters. The minimum absolute atomic E-state index is 0.128. The van der Waals surface area contributed by atoms with E-state index < -0.39 is 0 Å². The molecule has 108 valence electrons. The fourth-order valence-corrected chi connectivity index (χ4v) is 4.36. The number of nitrogens with zero attached hydrogens (tertiary/aromatic N) is 1. The van der Waals surface area contributed by atoms with E-state index in [0.29, 0.717) is 6.04 Å². The Balaban J connectivity index is 1.93. The first-order chi connectivity index (χ1) is 9.45. The maximum Gasteiger partial charge on any atom is 0.115 e. The third-order valence-corrected chi connectivity index (χ3v) is 5.67. The van der Waals surface area contributed by atoms with Crippen LogP contribution in [0.1, 0.15) is 60.8 Å². The SMILES string of the molecule is Cc1ccsc1C(NC1CC1)c1nc(C(C)(C)C)cs1. The van der Waals surface area contributed by atoms with E-state index in [-0.39, 0.29) is 11.5 Å². The molecule has 1 fully saturated rings. The first-order valence-electron chi connectivity index (χ1n) is 7.21. The van der Waals surface area contributed by atoms with Gasteiger partial charge in [-0.05, 0) is 36.8 Å². The lowest BCUT2D eigenvalue weighted by molar-refractivity contribution is 0.559. The second-order valence-corrected chi connectivity index (χ2v) is 8.50. The van der Waals surface area contributed by atoms with Crippen molar-refractivity contribution in [2.45, 2.75) is 58.0 Å². The Kier molecular flexibility index (Phi) is 3.73. The highest BCUT2D eigenvalue weighted by Gasteiger charge is 2.30. The van der Waals surface area contributed by atoms with Crippen molar-refractivity contribution in [1.29, 1.82) is 0 Å². The predicted molar refractivity (Wildman–Crippen MR) is 87.9 cm³/mol. The maximum atomic E-state index is 4.92. The van der Waals surface area contributed by atoms with Gasteiger partial charge in [-0.1, -0.05) is 20.8 Å². The number of aryl methyl sites for hydroxylation is 1. The van der Waals surface area contributed by atoms with E-state index in [1.165, 1.54) is 34.0 Å². The summed E-state index contributed by atoms with van der Waals surface area (Å²) in [6.07, 6.45) is 2.61. The van der Waals surface area contributed by atoms with Crippen LogP contribution in [0.25, 0.3) is 0 Å². The van der Waals surface area contributed by atoms with Gasteiger partial charge < -0.3 is 5.32 Å². The average Bonchev–Trinajstić information content (AvgIpc) is 2.89. The molecular formula is C16H22N2S2. The molecule has 1 aliphatic carbocycles. The van der Waals surface area contributed by atoms with E-state index in [1.54, 1.807) is 11.3 Å². The topological polar surface area (TPSA) is 24.9 Å². The highest BCUT2D eigenvalue weighted by Crippen LogP contribution is 2.36. The van der Waals surface area contributed by atoms with Gasteiger partial charge >= 0.3 is 0 Å². The zero-order valence-electron chi connectivity index (χ0n) is 12.6. The number of thiophene rings is 1. The first kappa shape index (κ1) is 14.2. The molecule has 1 atom stereocenters. The second kappa shape index (κ2) is 5.24. The van der Waals surface area contributed by atoms with Crippen molar-refractivity contribution in [1.82, 2.24) is 10.3 Å². The maximum absolute atomic E-state index is 4.92. The molecule has 0 amide bonds. The van der Waals surface area contributed by atoms with Gasteiger partial charge in [0.2, 0.25) is 0 Å². The van der Waals surface area contributed by atoms with Crippen LogP contribution in [0.5, 0.6) is 0 Å². The van der Waals surface area contributed by atoms with Crippen molar-refractivity contribution in [3.8, 4) is 0 Å². The van der Waals surface area contributed by atoms with E-state index in [2.05, 4.69) is 49.8 Å². The van der Waals surface area contributed by atoms with E-state index in [4.69, 9.17) is 4.98 Å². The summed E-state index contributed by atoms with van der Waals surface area (Å²) in [7, 11) is 0. The van der Waals surface area contributed by atoms with Crippen LogP contribution in [0.3, 0.4) is 0 Å². The number of thiazole rings is 1. The standard InChI is InChI=1S/C16H22N2S2/c1-10-7-8-19-14(10)13(17-11-5-6-11)15-18-12(9-20-15)16(2,3)4/h7-9,11,13,17H,5-6H2,1-4H3. The Morgan fingerprint density at radius 2 is 2.05 bits per heavy atom. The van der Waals surface area contributed by atoms with Gasteiger partial charge in [-0.3, -0.25) is 0 Å². The summed E-state index contributed by atoms with van der Waals surface area (Å²) in [5, 5.41) is 9.40. The van der Waals surface area contributed by atoms with Crippen molar-refractivity contribution >= 4 is 22.7 Å². The molecule has 1 aliphatic rings. The second-order valence-electron chi connectivity index (χ2n) is 6.66. The van der Waals surface area contributed by atoms with E-state index >= 15 is 0 Å². The number of aromatic nitrogens is 1. The summed E-state index contributed by atoms with van der Waals surface area (Å²) >= 11 is 3.64. The van der Waals surface area contributed by atoms with Gasteiger partial charge in [-0.2, -0.15) is 0 Å². The number of rotatable bonds is 4. The average molecular weight is 306 g/mol. The lowest BCUT2D eigenvalue weighted by Crippen LogP contribution is -2.24. The Morgan fingerprint density at radius 3 is 2.55 bits per heavy atom. The summed E-state index contributed by atoms with van der Waals surface area (Å²) in [6, 6.07) is 3.17. The van der Waals surface area contributed by atoms with Crippen LogP contribution in [0.15, 0.2) is 16.8 Å². The van der Waals surface area contributed by atoms with Crippen LogP contribution in [0, 0.1) is 6.92 Å². The molecule has 4 heteroatoms. The van der Waals surface area contributed by atoms with Gasteiger partial charge in [0.15, 0.2) is 0 Å². The molecule has 2 aromatic heterocycles. The molecule has 2 heterocycles. The minimum Gasteiger partial charge on any atom is -0.301 e. The van der Waals surface area contributed by atoms with Crippen LogP contribution in [0.4, 0.5) is 0 Å². The smallest absolute Gasteiger partial charge is 0.115 e. The van der Waals surface area contributed by atoms with E-state index in [0.717, 1.165) is 0 Å². The van der Waals surface area contributed by atoms with Crippen molar-refractivity contribution in [3.05, 3.63) is 38.0 Å². The molecule has 0 aliphatic heterocycles. The largest absolute Gasteiger partial charge is 0.301 e. The Hall–Kier alpha value is -0.710.